The number of carbonyl (C=O) groups excluding carboxylic acids is 4. The fraction of sp³-hybridized carbons (Fsp3) is 0.333. The monoisotopic (exact) mass is 453 g/mol. The molecule has 0 radical (unpaired) electrons. The number of nitrogens with one attached hydrogen (secondary N) is 1. The molecule has 3 N–H and O–H groups in total. The molecule has 2 aliphatic rings. The number of imide groups is 1. The van der Waals surface area contributed by atoms with Crippen LogP contribution in [0.3, 0.4) is 0 Å². The van der Waals surface area contributed by atoms with Crippen molar-refractivity contribution in [3.05, 3.63) is 69.7 Å². The Bertz CT molecular complexity index is 1130. The Balaban J connectivity index is 1.92. The topological polar surface area (TPSA) is 110 Å². The van der Waals surface area contributed by atoms with E-state index in [1.807, 2.05) is 32.0 Å². The zero-order valence-electron chi connectivity index (χ0n) is 17.8. The molecule has 0 saturated carbocycles. The molecular formula is C24H24ClN3O4. The second kappa shape index (κ2) is 8.39. The Morgan fingerprint density at radius 3 is 2.50 bits per heavy atom. The van der Waals surface area contributed by atoms with Crippen LogP contribution in [0.15, 0.2) is 42.5 Å². The maximum atomic E-state index is 13.6. The minimum atomic E-state index is -0.807. The van der Waals surface area contributed by atoms with Gasteiger partial charge in [-0.2, -0.15) is 0 Å². The summed E-state index contributed by atoms with van der Waals surface area (Å²) in [5.41, 5.74) is 7.70. The molecule has 7 nitrogen and oxygen atoms in total. The Morgan fingerprint density at radius 1 is 1.16 bits per heavy atom. The van der Waals surface area contributed by atoms with Gasteiger partial charge in [-0.05, 0) is 47.7 Å². The Hall–Kier alpha value is -3.19. The third kappa shape index (κ3) is 3.66. The van der Waals surface area contributed by atoms with E-state index in [4.69, 9.17) is 17.3 Å². The van der Waals surface area contributed by atoms with Crippen LogP contribution in [0.2, 0.25) is 5.02 Å². The first kappa shape index (κ1) is 22.0. The quantitative estimate of drug-likeness (QED) is 0.677. The maximum Gasteiger partial charge on any atom is 0.255 e. The van der Waals surface area contributed by atoms with Crippen molar-refractivity contribution in [2.75, 3.05) is 0 Å². The standard InChI is InChI=1S/C24H24ClN3O4/c1-12(2)20(15-5-3-4-6-17(15)25)21-16-11-13(22(26)30)7-8-14(16)24(32)28(21)18-9-10-19(29)27-23(18)31/h3-8,11-12,18,20-21H,9-10H2,1-2H3,(H2,26,30)(H,27,29,31)/t18?,20-,21?/m0/s1. The van der Waals surface area contributed by atoms with Gasteiger partial charge in [0, 0.05) is 28.5 Å². The molecule has 1 fully saturated rings. The first-order chi connectivity index (χ1) is 15.2. The fourth-order valence-electron chi connectivity index (χ4n) is 4.86. The lowest BCUT2D eigenvalue weighted by atomic mass is 9.78. The number of amides is 4. The normalized spacial score (nSPS) is 21.5. The number of halogens is 1. The molecule has 0 aliphatic carbocycles. The highest BCUT2D eigenvalue weighted by molar-refractivity contribution is 6.31. The van der Waals surface area contributed by atoms with Gasteiger partial charge < -0.3 is 10.6 Å². The summed E-state index contributed by atoms with van der Waals surface area (Å²) in [4.78, 5) is 51.5. The summed E-state index contributed by atoms with van der Waals surface area (Å²) in [7, 11) is 0. The van der Waals surface area contributed by atoms with Crippen molar-refractivity contribution >= 4 is 35.2 Å². The predicted molar refractivity (Wildman–Crippen MR) is 119 cm³/mol. The third-order valence-corrected chi connectivity index (χ3v) is 6.63. The lowest BCUT2D eigenvalue weighted by Gasteiger charge is -2.40. The molecule has 2 aromatic carbocycles. The fourth-order valence-corrected chi connectivity index (χ4v) is 5.12. The van der Waals surface area contributed by atoms with Crippen molar-refractivity contribution in [1.29, 1.82) is 0 Å². The molecule has 0 bridgehead atoms. The van der Waals surface area contributed by atoms with Crippen LogP contribution in [-0.4, -0.2) is 34.6 Å². The van der Waals surface area contributed by atoms with Crippen LogP contribution in [0, 0.1) is 5.92 Å². The first-order valence-corrected chi connectivity index (χ1v) is 10.9. The van der Waals surface area contributed by atoms with Crippen LogP contribution in [-0.2, 0) is 9.59 Å². The molecule has 1 saturated heterocycles. The molecule has 2 unspecified atom stereocenters. The van der Waals surface area contributed by atoms with Crippen molar-refractivity contribution in [2.24, 2.45) is 11.7 Å². The van der Waals surface area contributed by atoms with E-state index in [1.54, 1.807) is 23.1 Å². The number of hydrogen-bond donors (Lipinski definition) is 2. The summed E-state index contributed by atoms with van der Waals surface area (Å²) in [6, 6.07) is 10.8. The molecule has 166 valence electrons. The third-order valence-electron chi connectivity index (χ3n) is 6.29. The summed E-state index contributed by atoms with van der Waals surface area (Å²) >= 11 is 6.57. The van der Waals surface area contributed by atoms with Crippen LogP contribution in [0.5, 0.6) is 0 Å². The molecule has 2 aliphatic heterocycles. The second-order valence-electron chi connectivity index (χ2n) is 8.58. The van der Waals surface area contributed by atoms with Crippen molar-refractivity contribution in [3.63, 3.8) is 0 Å². The number of rotatable bonds is 5. The first-order valence-electron chi connectivity index (χ1n) is 10.5. The van der Waals surface area contributed by atoms with Gasteiger partial charge in [-0.25, -0.2) is 0 Å². The maximum absolute atomic E-state index is 13.6. The SMILES string of the molecule is CC(C)[C@@H](c1ccccc1Cl)C1c2cc(C(N)=O)ccc2C(=O)N1C1CCC(=O)NC1=O. The number of fused-ring (bicyclic) bond motifs is 1. The number of piperidine rings is 1. The largest absolute Gasteiger partial charge is 0.366 e. The predicted octanol–water partition coefficient (Wildman–Crippen LogP) is 3.18. The van der Waals surface area contributed by atoms with Crippen molar-refractivity contribution in [2.45, 2.75) is 44.7 Å². The highest BCUT2D eigenvalue weighted by Gasteiger charge is 2.49. The Morgan fingerprint density at radius 2 is 1.88 bits per heavy atom. The van der Waals surface area contributed by atoms with Crippen LogP contribution in [0.25, 0.3) is 0 Å². The highest BCUT2D eigenvalue weighted by Crippen LogP contribution is 2.49. The van der Waals surface area contributed by atoms with Crippen LogP contribution in [0.4, 0.5) is 0 Å². The van der Waals surface area contributed by atoms with Gasteiger partial charge in [0.05, 0.1) is 6.04 Å². The van der Waals surface area contributed by atoms with Gasteiger partial charge in [0.15, 0.2) is 0 Å². The molecule has 2 heterocycles. The average Bonchev–Trinajstić information content (AvgIpc) is 3.01. The van der Waals surface area contributed by atoms with Gasteiger partial charge >= 0.3 is 0 Å². The van der Waals surface area contributed by atoms with Gasteiger partial charge in [-0.15, -0.1) is 0 Å². The van der Waals surface area contributed by atoms with Crippen molar-refractivity contribution in [3.8, 4) is 0 Å². The van der Waals surface area contributed by atoms with Crippen molar-refractivity contribution in [1.82, 2.24) is 10.2 Å². The minimum absolute atomic E-state index is 0.0340. The van der Waals surface area contributed by atoms with Crippen molar-refractivity contribution < 1.29 is 19.2 Å². The Labute approximate surface area is 190 Å². The summed E-state index contributed by atoms with van der Waals surface area (Å²) in [5, 5.41) is 2.91. The molecule has 4 rings (SSSR count). The molecule has 32 heavy (non-hydrogen) atoms. The van der Waals surface area contributed by atoms with E-state index < -0.39 is 23.9 Å². The second-order valence-corrected chi connectivity index (χ2v) is 8.99. The average molecular weight is 454 g/mol. The molecule has 0 spiro atoms. The zero-order chi connectivity index (χ0) is 23.2. The van der Waals surface area contributed by atoms with Gasteiger partial charge in [0.2, 0.25) is 17.7 Å². The van der Waals surface area contributed by atoms with Gasteiger partial charge in [-0.1, -0.05) is 43.6 Å². The van der Waals surface area contributed by atoms with E-state index in [2.05, 4.69) is 5.32 Å². The Kier molecular flexibility index (Phi) is 5.77. The van der Waals surface area contributed by atoms with E-state index in [9.17, 15) is 19.2 Å². The van der Waals surface area contributed by atoms with E-state index in [-0.39, 0.29) is 42.1 Å². The summed E-state index contributed by atoms with van der Waals surface area (Å²) < 4.78 is 0. The smallest absolute Gasteiger partial charge is 0.255 e. The minimum Gasteiger partial charge on any atom is -0.366 e. The molecule has 2 aromatic rings. The van der Waals surface area contributed by atoms with Gasteiger partial charge in [0.25, 0.3) is 5.91 Å². The highest BCUT2D eigenvalue weighted by atomic mass is 35.5. The van der Waals surface area contributed by atoms with Crippen LogP contribution >= 0.6 is 11.6 Å². The number of nitrogens with two attached hydrogens (primary N) is 1. The number of primary amides is 1. The number of nitrogens with zero attached hydrogens (tertiary/aromatic N) is 1. The molecule has 8 heteroatoms. The summed E-state index contributed by atoms with van der Waals surface area (Å²) in [5.74, 6) is -1.99. The van der Waals surface area contributed by atoms with E-state index >= 15 is 0 Å². The van der Waals surface area contributed by atoms with Crippen LogP contribution < -0.4 is 11.1 Å². The molecular weight excluding hydrogens is 430 g/mol. The molecule has 3 atom stereocenters. The summed E-state index contributed by atoms with van der Waals surface area (Å²) in [6.45, 7) is 4.05. The number of benzene rings is 2. The van der Waals surface area contributed by atoms with Gasteiger partial charge in [-0.3, -0.25) is 24.5 Å². The molecule has 4 amide bonds. The number of hydrogen-bond acceptors (Lipinski definition) is 4. The zero-order valence-corrected chi connectivity index (χ0v) is 18.6. The van der Waals surface area contributed by atoms with Crippen LogP contribution in [0.1, 0.15) is 70.5 Å². The lowest BCUT2D eigenvalue weighted by Crippen LogP contribution is -2.54. The van der Waals surface area contributed by atoms with E-state index in [0.717, 1.165) is 5.56 Å². The van der Waals surface area contributed by atoms with E-state index in [1.165, 1.54) is 6.07 Å². The lowest BCUT2D eigenvalue weighted by molar-refractivity contribution is -0.137. The number of carbonyl (C=O) groups is 4. The molecule has 0 aromatic heterocycles. The van der Waals surface area contributed by atoms with Gasteiger partial charge in [0.1, 0.15) is 6.04 Å². The summed E-state index contributed by atoms with van der Waals surface area (Å²) in [6.07, 6.45) is 0.380. The van der Waals surface area contributed by atoms with E-state index in [0.29, 0.717) is 16.1 Å².